The van der Waals surface area contributed by atoms with E-state index in [0.717, 1.165) is 0 Å². The largest absolute Gasteiger partial charge is 0.478 e. The molecule has 104 valence electrons. The lowest BCUT2D eigenvalue weighted by Gasteiger charge is -2.27. The number of rotatable bonds is 6. The number of hydrogen-bond acceptors (Lipinski definition) is 5. The lowest BCUT2D eigenvalue weighted by atomic mass is 10.1. The number of nitrogens with two attached hydrogens (primary N) is 1. The molecule has 1 atom stereocenters. The maximum Gasteiger partial charge on any atom is 0.346 e. The first-order valence-electron chi connectivity index (χ1n) is 6.00. The third kappa shape index (κ3) is 3.69. The molecule has 0 spiro atoms. The molecule has 1 aromatic rings. The number of carbonyl (C=O) groups is 2. The second kappa shape index (κ2) is 6.19. The number of carboxylic acid groups (broad SMARTS) is 1. The number of benzene rings is 1. The van der Waals surface area contributed by atoms with Crippen molar-refractivity contribution in [3.05, 3.63) is 29.8 Å². The molecule has 0 fully saturated rings. The predicted molar refractivity (Wildman–Crippen MR) is 70.9 cm³/mol. The van der Waals surface area contributed by atoms with Crippen LogP contribution < -0.4 is 11.1 Å². The fraction of sp³-hybridized carbons (Fsp3) is 0.385. The average Bonchev–Trinajstić information content (AvgIpc) is 2.39. The minimum absolute atomic E-state index is 0.167. The van der Waals surface area contributed by atoms with Gasteiger partial charge in [0.2, 0.25) is 0 Å². The summed E-state index contributed by atoms with van der Waals surface area (Å²) in [5.41, 5.74) is 5.36. The van der Waals surface area contributed by atoms with E-state index in [4.69, 9.17) is 15.6 Å². The van der Waals surface area contributed by atoms with E-state index in [9.17, 15) is 9.59 Å². The van der Waals surface area contributed by atoms with Gasteiger partial charge in [0.05, 0.1) is 12.2 Å². The van der Waals surface area contributed by atoms with E-state index in [-0.39, 0.29) is 12.2 Å². The van der Waals surface area contributed by atoms with E-state index in [1.165, 1.54) is 12.1 Å². The van der Waals surface area contributed by atoms with E-state index < -0.39 is 17.6 Å². The number of aromatic carboxylic acids is 1. The van der Waals surface area contributed by atoms with Gasteiger partial charge >= 0.3 is 11.9 Å². The summed E-state index contributed by atoms with van der Waals surface area (Å²) in [6.07, 6.45) is 0.340. The van der Waals surface area contributed by atoms with Gasteiger partial charge < -0.3 is 15.2 Å². The van der Waals surface area contributed by atoms with Crippen LogP contribution in [0.15, 0.2) is 24.3 Å². The summed E-state index contributed by atoms with van der Waals surface area (Å²) >= 11 is 0. The lowest BCUT2D eigenvalue weighted by molar-refractivity contribution is -0.148. The number of hydrogen-bond donors (Lipinski definition) is 3. The lowest BCUT2D eigenvalue weighted by Crippen LogP contribution is -2.55. The SMILES string of the molecule is CCOC(=O)C(N)(CC)Nc1ccc(C(=O)O)cc1. The topological polar surface area (TPSA) is 102 Å². The van der Waals surface area contributed by atoms with Gasteiger partial charge in [-0.15, -0.1) is 0 Å². The van der Waals surface area contributed by atoms with Crippen LogP contribution in [-0.4, -0.2) is 29.3 Å². The van der Waals surface area contributed by atoms with Crippen LogP contribution in [0.5, 0.6) is 0 Å². The van der Waals surface area contributed by atoms with Gasteiger partial charge in [0.15, 0.2) is 5.66 Å². The van der Waals surface area contributed by atoms with Crippen molar-refractivity contribution in [2.45, 2.75) is 25.9 Å². The van der Waals surface area contributed by atoms with Crippen molar-refractivity contribution in [3.8, 4) is 0 Å². The fourth-order valence-corrected chi connectivity index (χ4v) is 1.50. The van der Waals surface area contributed by atoms with Crippen molar-refractivity contribution in [3.63, 3.8) is 0 Å². The summed E-state index contributed by atoms with van der Waals surface area (Å²) in [4.78, 5) is 22.5. The first-order chi connectivity index (χ1) is 8.92. The summed E-state index contributed by atoms with van der Waals surface area (Å²) in [6.45, 7) is 3.71. The highest BCUT2D eigenvalue weighted by Gasteiger charge is 2.33. The van der Waals surface area contributed by atoms with Crippen LogP contribution in [-0.2, 0) is 9.53 Å². The molecule has 19 heavy (non-hydrogen) atoms. The highest BCUT2D eigenvalue weighted by molar-refractivity contribution is 5.88. The Labute approximate surface area is 111 Å². The zero-order valence-electron chi connectivity index (χ0n) is 11.0. The van der Waals surface area contributed by atoms with Crippen molar-refractivity contribution in [1.82, 2.24) is 0 Å². The third-order valence-electron chi connectivity index (χ3n) is 2.70. The fourth-order valence-electron chi connectivity index (χ4n) is 1.50. The minimum Gasteiger partial charge on any atom is -0.478 e. The monoisotopic (exact) mass is 266 g/mol. The van der Waals surface area contributed by atoms with E-state index in [0.29, 0.717) is 12.1 Å². The second-order valence-electron chi connectivity index (χ2n) is 4.05. The van der Waals surface area contributed by atoms with Crippen molar-refractivity contribution in [2.75, 3.05) is 11.9 Å². The molecule has 0 radical (unpaired) electrons. The van der Waals surface area contributed by atoms with Gasteiger partial charge in [-0.05, 0) is 37.6 Å². The molecule has 0 bridgehead atoms. The Morgan fingerprint density at radius 1 is 1.32 bits per heavy atom. The van der Waals surface area contributed by atoms with Gasteiger partial charge in [0, 0.05) is 5.69 Å². The van der Waals surface area contributed by atoms with Crippen molar-refractivity contribution in [1.29, 1.82) is 0 Å². The van der Waals surface area contributed by atoms with Gasteiger partial charge in [0.25, 0.3) is 0 Å². The summed E-state index contributed by atoms with van der Waals surface area (Å²) in [6, 6.07) is 5.98. The molecule has 6 heteroatoms. The molecule has 0 aliphatic carbocycles. The van der Waals surface area contributed by atoms with Gasteiger partial charge in [0.1, 0.15) is 0 Å². The average molecular weight is 266 g/mol. The van der Waals surface area contributed by atoms with Crippen LogP contribution in [0.4, 0.5) is 5.69 Å². The smallest absolute Gasteiger partial charge is 0.346 e. The number of carbonyl (C=O) groups excluding carboxylic acids is 1. The Balaban J connectivity index is 2.86. The minimum atomic E-state index is -1.32. The van der Waals surface area contributed by atoms with Crippen molar-refractivity contribution >= 4 is 17.6 Å². The Morgan fingerprint density at radius 2 is 1.89 bits per heavy atom. The van der Waals surface area contributed by atoms with E-state index >= 15 is 0 Å². The van der Waals surface area contributed by atoms with Crippen LogP contribution in [0, 0.1) is 0 Å². The quantitative estimate of drug-likeness (QED) is 0.531. The van der Waals surface area contributed by atoms with Crippen LogP contribution in [0.1, 0.15) is 30.6 Å². The van der Waals surface area contributed by atoms with Crippen LogP contribution in [0.2, 0.25) is 0 Å². The van der Waals surface area contributed by atoms with Gasteiger partial charge in [-0.1, -0.05) is 6.92 Å². The molecule has 1 rings (SSSR count). The zero-order chi connectivity index (χ0) is 14.5. The normalized spacial score (nSPS) is 13.4. The molecule has 0 aliphatic heterocycles. The highest BCUT2D eigenvalue weighted by Crippen LogP contribution is 2.17. The summed E-state index contributed by atoms with van der Waals surface area (Å²) in [7, 11) is 0. The van der Waals surface area contributed by atoms with Crippen LogP contribution in [0.3, 0.4) is 0 Å². The Kier molecular flexibility index (Phi) is 4.88. The Morgan fingerprint density at radius 3 is 2.32 bits per heavy atom. The first-order valence-corrected chi connectivity index (χ1v) is 6.00. The number of nitrogens with one attached hydrogen (secondary N) is 1. The predicted octanol–water partition coefficient (Wildman–Crippen LogP) is 1.42. The molecule has 1 unspecified atom stereocenters. The number of ether oxygens (including phenoxy) is 1. The zero-order valence-corrected chi connectivity index (χ0v) is 11.0. The van der Waals surface area contributed by atoms with Gasteiger partial charge in [-0.25, -0.2) is 9.59 Å². The van der Waals surface area contributed by atoms with Gasteiger partial charge in [-0.3, -0.25) is 5.73 Å². The highest BCUT2D eigenvalue weighted by atomic mass is 16.5. The number of anilines is 1. The summed E-state index contributed by atoms with van der Waals surface area (Å²) in [5.74, 6) is -1.55. The van der Waals surface area contributed by atoms with Crippen molar-refractivity contribution in [2.24, 2.45) is 5.73 Å². The standard InChI is InChI=1S/C13H18N2O4/c1-3-13(14,12(18)19-4-2)15-10-7-5-9(6-8-10)11(16)17/h5-8,15H,3-4,14H2,1-2H3,(H,16,17). The number of esters is 1. The first kappa shape index (κ1) is 15.0. The third-order valence-corrected chi connectivity index (χ3v) is 2.70. The molecule has 6 nitrogen and oxygen atoms in total. The molecule has 0 saturated carbocycles. The molecule has 0 heterocycles. The molecular formula is C13H18N2O4. The van der Waals surface area contributed by atoms with Crippen molar-refractivity contribution < 1.29 is 19.4 Å². The molecule has 0 amide bonds. The van der Waals surface area contributed by atoms with E-state index in [1.54, 1.807) is 26.0 Å². The second-order valence-corrected chi connectivity index (χ2v) is 4.05. The molecular weight excluding hydrogens is 248 g/mol. The molecule has 1 aromatic carbocycles. The molecule has 0 aromatic heterocycles. The van der Waals surface area contributed by atoms with E-state index in [2.05, 4.69) is 5.32 Å². The Hall–Kier alpha value is -2.08. The number of carboxylic acids is 1. The van der Waals surface area contributed by atoms with E-state index in [1.807, 2.05) is 0 Å². The molecule has 0 saturated heterocycles. The maximum absolute atomic E-state index is 11.8. The summed E-state index contributed by atoms with van der Waals surface area (Å²) in [5, 5.41) is 11.7. The Bertz CT molecular complexity index is 458. The summed E-state index contributed by atoms with van der Waals surface area (Å²) < 4.78 is 4.91. The molecule has 0 aliphatic rings. The van der Waals surface area contributed by atoms with Crippen LogP contribution >= 0.6 is 0 Å². The maximum atomic E-state index is 11.8. The molecule has 4 N–H and O–H groups in total. The van der Waals surface area contributed by atoms with Gasteiger partial charge in [-0.2, -0.15) is 0 Å². The van der Waals surface area contributed by atoms with Crippen LogP contribution in [0.25, 0.3) is 0 Å².